The molecule has 1 N–H and O–H groups in total. The van der Waals surface area contributed by atoms with Crippen LogP contribution in [0.1, 0.15) is 28.5 Å². The molecule has 2 aromatic rings. The molecule has 0 spiro atoms. The summed E-state index contributed by atoms with van der Waals surface area (Å²) in [6.45, 7) is 3.71. The summed E-state index contributed by atoms with van der Waals surface area (Å²) in [6, 6.07) is 6.52. The van der Waals surface area contributed by atoms with E-state index in [0.29, 0.717) is 17.8 Å². The predicted molar refractivity (Wildman–Crippen MR) is 78.6 cm³/mol. The molecule has 0 saturated heterocycles. The molecule has 5 nitrogen and oxygen atoms in total. The van der Waals surface area contributed by atoms with Crippen molar-refractivity contribution in [3.05, 3.63) is 55.9 Å². The van der Waals surface area contributed by atoms with Gasteiger partial charge in [0.25, 0.3) is 5.56 Å². The lowest BCUT2D eigenvalue weighted by Gasteiger charge is -2.09. The normalized spacial score (nSPS) is 10.6. The molecular weight excluding hydrogens is 324 g/mol. The molecular formula is C14H13BrN2O3. The topological polar surface area (TPSA) is 72.2 Å². The van der Waals surface area contributed by atoms with Crippen molar-refractivity contribution in [1.82, 2.24) is 9.78 Å². The van der Waals surface area contributed by atoms with Gasteiger partial charge in [-0.05, 0) is 37.1 Å². The van der Waals surface area contributed by atoms with Gasteiger partial charge in [0.2, 0.25) is 0 Å². The molecule has 0 aliphatic carbocycles. The predicted octanol–water partition coefficient (Wildman–Crippen LogP) is 2.56. The van der Waals surface area contributed by atoms with Crippen LogP contribution >= 0.6 is 15.9 Å². The van der Waals surface area contributed by atoms with Crippen LogP contribution in [0.25, 0.3) is 5.69 Å². The van der Waals surface area contributed by atoms with Gasteiger partial charge in [0.1, 0.15) is 0 Å². The molecule has 2 rings (SSSR count). The van der Waals surface area contributed by atoms with Crippen molar-refractivity contribution < 1.29 is 9.90 Å². The largest absolute Gasteiger partial charge is 0.478 e. The van der Waals surface area contributed by atoms with Gasteiger partial charge in [-0.3, -0.25) is 4.79 Å². The van der Waals surface area contributed by atoms with Crippen LogP contribution in [0, 0.1) is 6.92 Å². The molecule has 0 fully saturated rings. The molecule has 0 aliphatic heterocycles. The lowest BCUT2D eigenvalue weighted by Crippen LogP contribution is -2.24. The number of hydrogen-bond acceptors (Lipinski definition) is 3. The van der Waals surface area contributed by atoms with Gasteiger partial charge in [-0.25, -0.2) is 4.79 Å². The van der Waals surface area contributed by atoms with Crippen molar-refractivity contribution >= 4 is 21.9 Å². The maximum Gasteiger partial charge on any atom is 0.337 e. The van der Waals surface area contributed by atoms with Crippen molar-refractivity contribution in [1.29, 1.82) is 0 Å². The Morgan fingerprint density at radius 3 is 2.65 bits per heavy atom. The number of carbonyl (C=O) groups is 1. The molecule has 20 heavy (non-hydrogen) atoms. The molecule has 0 saturated carbocycles. The number of aryl methyl sites for hydroxylation is 2. The van der Waals surface area contributed by atoms with E-state index in [2.05, 4.69) is 21.0 Å². The molecule has 0 radical (unpaired) electrons. The molecule has 0 bridgehead atoms. The summed E-state index contributed by atoms with van der Waals surface area (Å²) >= 11 is 3.39. The molecule has 0 unspecified atom stereocenters. The lowest BCUT2D eigenvalue weighted by atomic mass is 10.1. The molecule has 104 valence electrons. The van der Waals surface area contributed by atoms with E-state index in [4.69, 9.17) is 5.11 Å². The quantitative estimate of drug-likeness (QED) is 0.934. The first-order valence-corrected chi connectivity index (χ1v) is 6.86. The van der Waals surface area contributed by atoms with E-state index in [-0.39, 0.29) is 5.56 Å². The number of aromatic carboxylic acids is 1. The highest BCUT2D eigenvalue weighted by atomic mass is 79.9. The highest BCUT2D eigenvalue weighted by Gasteiger charge is 2.14. The first kappa shape index (κ1) is 14.5. The second-order valence-electron chi connectivity index (χ2n) is 4.35. The van der Waals surface area contributed by atoms with Gasteiger partial charge in [-0.2, -0.15) is 9.78 Å². The number of hydrogen-bond donors (Lipinski definition) is 1. The number of carboxylic acid groups (broad SMARTS) is 1. The third-order valence-corrected chi connectivity index (χ3v) is 3.85. The Labute approximate surface area is 124 Å². The molecule has 0 atom stereocenters. The minimum atomic E-state index is -1.13. The van der Waals surface area contributed by atoms with Crippen LogP contribution in [0.15, 0.2) is 33.5 Å². The van der Waals surface area contributed by atoms with Gasteiger partial charge in [-0.15, -0.1) is 0 Å². The van der Waals surface area contributed by atoms with Crippen LogP contribution in [0.2, 0.25) is 0 Å². The van der Waals surface area contributed by atoms with Crippen molar-refractivity contribution in [2.75, 3.05) is 0 Å². The fraction of sp³-hybridized carbons (Fsp3) is 0.214. The fourth-order valence-electron chi connectivity index (χ4n) is 1.88. The molecule has 1 aromatic carbocycles. The summed E-state index contributed by atoms with van der Waals surface area (Å²) in [5.74, 6) is -1.13. The fourth-order valence-corrected chi connectivity index (χ4v) is 2.13. The SMILES string of the molecule is CCc1nn(-c2ccc(Br)c(C)c2)c(=O)cc1C(=O)O. The molecule has 1 heterocycles. The van der Waals surface area contributed by atoms with Gasteiger partial charge in [0, 0.05) is 10.5 Å². The molecule has 1 aromatic heterocycles. The summed E-state index contributed by atoms with van der Waals surface area (Å²) in [5.41, 5.74) is 1.47. The van der Waals surface area contributed by atoms with Crippen LogP contribution in [0.3, 0.4) is 0 Å². The Bertz CT molecular complexity index is 738. The Balaban J connectivity index is 2.66. The van der Waals surface area contributed by atoms with Gasteiger partial charge < -0.3 is 5.11 Å². The lowest BCUT2D eigenvalue weighted by molar-refractivity contribution is 0.0694. The number of halogens is 1. The Morgan fingerprint density at radius 1 is 1.40 bits per heavy atom. The smallest absolute Gasteiger partial charge is 0.337 e. The minimum Gasteiger partial charge on any atom is -0.478 e. The summed E-state index contributed by atoms with van der Waals surface area (Å²) < 4.78 is 2.16. The van der Waals surface area contributed by atoms with E-state index in [9.17, 15) is 9.59 Å². The maximum absolute atomic E-state index is 12.0. The zero-order valence-corrected chi connectivity index (χ0v) is 12.6. The molecule has 0 amide bonds. The van der Waals surface area contributed by atoms with Gasteiger partial charge >= 0.3 is 5.97 Å². The zero-order chi connectivity index (χ0) is 14.9. The standard InChI is InChI=1S/C14H13BrN2O3/c1-3-12-10(14(19)20)7-13(18)17(16-12)9-4-5-11(15)8(2)6-9/h4-7H,3H2,1-2H3,(H,19,20). The van der Waals surface area contributed by atoms with Crippen LogP contribution in [0.5, 0.6) is 0 Å². The Morgan fingerprint density at radius 2 is 2.10 bits per heavy atom. The van der Waals surface area contributed by atoms with Gasteiger partial charge in [0.05, 0.1) is 16.9 Å². The van der Waals surface area contributed by atoms with E-state index < -0.39 is 11.5 Å². The van der Waals surface area contributed by atoms with E-state index in [1.165, 1.54) is 4.68 Å². The van der Waals surface area contributed by atoms with E-state index >= 15 is 0 Å². The first-order chi connectivity index (χ1) is 9.43. The van der Waals surface area contributed by atoms with Crippen LogP contribution in [-0.4, -0.2) is 20.9 Å². The van der Waals surface area contributed by atoms with Crippen LogP contribution < -0.4 is 5.56 Å². The number of carboxylic acids is 1. The number of benzene rings is 1. The van der Waals surface area contributed by atoms with Gasteiger partial charge in [-0.1, -0.05) is 22.9 Å². The van der Waals surface area contributed by atoms with Crippen LogP contribution in [0.4, 0.5) is 0 Å². The number of nitrogens with zero attached hydrogens (tertiary/aromatic N) is 2. The molecule has 0 aliphatic rings. The zero-order valence-electron chi connectivity index (χ0n) is 11.1. The Kier molecular flexibility index (Phi) is 4.04. The summed E-state index contributed by atoms with van der Waals surface area (Å²) in [7, 11) is 0. The van der Waals surface area contributed by atoms with Crippen molar-refractivity contribution in [2.24, 2.45) is 0 Å². The number of aromatic nitrogens is 2. The summed E-state index contributed by atoms with van der Waals surface area (Å²) in [4.78, 5) is 23.1. The van der Waals surface area contributed by atoms with Crippen molar-refractivity contribution in [3.8, 4) is 5.69 Å². The maximum atomic E-state index is 12.0. The van der Waals surface area contributed by atoms with E-state index in [1.807, 2.05) is 19.1 Å². The number of rotatable bonds is 3. The van der Waals surface area contributed by atoms with Gasteiger partial charge in [0.15, 0.2) is 0 Å². The van der Waals surface area contributed by atoms with Crippen LogP contribution in [-0.2, 0) is 6.42 Å². The van der Waals surface area contributed by atoms with E-state index in [1.54, 1.807) is 13.0 Å². The minimum absolute atomic E-state index is 0.0393. The highest BCUT2D eigenvalue weighted by Crippen LogP contribution is 2.18. The second kappa shape index (κ2) is 5.58. The summed E-state index contributed by atoms with van der Waals surface area (Å²) in [5, 5.41) is 13.2. The summed E-state index contributed by atoms with van der Waals surface area (Å²) in [6.07, 6.45) is 0.442. The average Bonchev–Trinajstić information content (AvgIpc) is 2.41. The first-order valence-electron chi connectivity index (χ1n) is 6.07. The van der Waals surface area contributed by atoms with Crippen molar-refractivity contribution in [2.45, 2.75) is 20.3 Å². The van der Waals surface area contributed by atoms with Crippen molar-refractivity contribution in [3.63, 3.8) is 0 Å². The monoisotopic (exact) mass is 336 g/mol. The third kappa shape index (κ3) is 2.65. The highest BCUT2D eigenvalue weighted by molar-refractivity contribution is 9.10. The van der Waals surface area contributed by atoms with E-state index in [0.717, 1.165) is 16.1 Å². The Hall–Kier alpha value is -1.95. The second-order valence-corrected chi connectivity index (χ2v) is 5.20. The average molecular weight is 337 g/mol. The third-order valence-electron chi connectivity index (χ3n) is 2.96. The molecule has 6 heteroatoms.